The van der Waals surface area contributed by atoms with Crippen LogP contribution in [0.2, 0.25) is 0 Å². The monoisotopic (exact) mass is 880 g/mol. The summed E-state index contributed by atoms with van der Waals surface area (Å²) in [5.74, 6) is -7.88. The summed E-state index contributed by atoms with van der Waals surface area (Å²) in [5, 5.41) is 47.5. The lowest BCUT2D eigenvalue weighted by molar-refractivity contribution is -0.348. The number of rotatable bonds is 9. The van der Waals surface area contributed by atoms with Crippen LogP contribution in [-0.2, 0) is 61.9 Å². The van der Waals surface area contributed by atoms with Gasteiger partial charge in [-0.05, 0) is 44.6 Å². The van der Waals surface area contributed by atoms with Crippen molar-refractivity contribution in [3.05, 3.63) is 35.5 Å². The van der Waals surface area contributed by atoms with Gasteiger partial charge < -0.3 is 58.3 Å². The van der Waals surface area contributed by atoms with Gasteiger partial charge in [-0.15, -0.1) is 0 Å². The van der Waals surface area contributed by atoms with Crippen molar-refractivity contribution in [2.24, 2.45) is 10.8 Å². The molecule has 0 aromatic heterocycles. The third-order valence-electron chi connectivity index (χ3n) is 12.3. The summed E-state index contributed by atoms with van der Waals surface area (Å²) in [5.41, 5.74) is -1.95. The van der Waals surface area contributed by atoms with Crippen molar-refractivity contribution in [3.8, 4) is 0 Å². The van der Waals surface area contributed by atoms with E-state index in [-0.39, 0.29) is 63.4 Å². The predicted octanol–water partition coefficient (Wildman–Crippen LogP) is 3.95. The lowest BCUT2D eigenvalue weighted by Crippen LogP contribution is -2.62. The fourth-order valence-corrected chi connectivity index (χ4v) is 8.56. The second kappa shape index (κ2) is 21.3. The lowest BCUT2D eigenvalue weighted by atomic mass is 9.70. The van der Waals surface area contributed by atoms with Crippen LogP contribution in [0.4, 0.5) is 0 Å². The standard InChI is InChI=1S/C45H68O17/c1-10-12-36(48)59-35-24-32-21-29(47)22-40(52)58-34(26(3)46)23-31-19-28(20-39(51)56-9)41(60-37(49)13-11-2)45(54,62-31)42(4,5)15-14-30-16-27(18-38(50)55-8)17-33(57-30)25-44(53,61-32)43(35,6)7/h14-15,18,20,26,29-35,41,46-47,53-54H,10-13,16-17,19,21-25H2,1-9H3/b15-14-,27-18+,28-20+/t26-,29+,30+,31+,32-,33+,34-,35+,41+,44+,45-/m1/s1. The van der Waals surface area contributed by atoms with Crippen LogP contribution in [0.25, 0.3) is 0 Å². The van der Waals surface area contributed by atoms with E-state index >= 15 is 0 Å². The first-order valence-corrected chi connectivity index (χ1v) is 21.6. The van der Waals surface area contributed by atoms with E-state index in [1.54, 1.807) is 46.8 Å². The molecule has 0 aliphatic carbocycles. The zero-order chi connectivity index (χ0) is 46.2. The van der Waals surface area contributed by atoms with E-state index in [9.17, 15) is 44.4 Å². The Balaban J connectivity index is 1.89. The van der Waals surface area contributed by atoms with Gasteiger partial charge in [0.25, 0.3) is 0 Å². The van der Waals surface area contributed by atoms with Gasteiger partial charge in [0.2, 0.25) is 5.79 Å². The Morgan fingerprint density at radius 3 is 2.08 bits per heavy atom. The van der Waals surface area contributed by atoms with Crippen molar-refractivity contribution >= 4 is 29.8 Å². The number of hydrogen-bond acceptors (Lipinski definition) is 17. The molecule has 0 amide bonds. The Labute approximate surface area is 364 Å². The molecule has 4 aliphatic heterocycles. The Morgan fingerprint density at radius 2 is 1.47 bits per heavy atom. The summed E-state index contributed by atoms with van der Waals surface area (Å²) in [6.45, 7) is 11.7. The summed E-state index contributed by atoms with van der Waals surface area (Å²) in [6, 6.07) is 0. The average Bonchev–Trinajstić information content (AvgIpc) is 3.16. The number of aliphatic hydroxyl groups excluding tert-OH is 2. The minimum absolute atomic E-state index is 0.00811. The van der Waals surface area contributed by atoms with E-state index in [0.717, 1.165) is 6.08 Å². The number of carbonyl (C=O) groups is 5. The Kier molecular flexibility index (Phi) is 17.5. The number of carbonyl (C=O) groups excluding carboxylic acids is 5. The van der Waals surface area contributed by atoms with E-state index in [1.807, 2.05) is 6.92 Å². The molecule has 0 spiro atoms. The molecule has 0 saturated carbocycles. The predicted molar refractivity (Wildman–Crippen MR) is 219 cm³/mol. The molecule has 4 aliphatic rings. The summed E-state index contributed by atoms with van der Waals surface area (Å²) in [6.07, 6.45) is -3.83. The van der Waals surface area contributed by atoms with E-state index in [1.165, 1.54) is 27.2 Å². The Morgan fingerprint density at radius 1 is 0.839 bits per heavy atom. The van der Waals surface area contributed by atoms with Gasteiger partial charge in [-0.1, -0.05) is 59.3 Å². The van der Waals surface area contributed by atoms with Gasteiger partial charge in [-0.25, -0.2) is 9.59 Å². The van der Waals surface area contributed by atoms with Crippen LogP contribution in [0.15, 0.2) is 35.5 Å². The van der Waals surface area contributed by atoms with Gasteiger partial charge in [-0.2, -0.15) is 0 Å². The molecule has 3 saturated heterocycles. The van der Waals surface area contributed by atoms with E-state index in [2.05, 4.69) is 0 Å². The summed E-state index contributed by atoms with van der Waals surface area (Å²) in [7, 11) is 2.42. The Bertz CT molecular complexity index is 1700. The van der Waals surface area contributed by atoms with Gasteiger partial charge in [0.05, 0.1) is 62.7 Å². The number of hydrogen-bond donors (Lipinski definition) is 4. The molecule has 3 fully saturated rings. The van der Waals surface area contributed by atoms with Crippen molar-refractivity contribution in [3.63, 3.8) is 0 Å². The minimum atomic E-state index is -2.41. The molecule has 0 unspecified atom stereocenters. The van der Waals surface area contributed by atoms with Crippen LogP contribution in [0.5, 0.6) is 0 Å². The van der Waals surface area contributed by atoms with Crippen LogP contribution in [-0.4, -0.2) is 131 Å². The first kappa shape index (κ1) is 50.9. The highest BCUT2D eigenvalue weighted by atomic mass is 16.7. The zero-order valence-electron chi connectivity index (χ0n) is 37.6. The van der Waals surface area contributed by atoms with E-state index < -0.39 is 114 Å². The maximum absolute atomic E-state index is 13.4. The molecule has 11 atom stereocenters. The van der Waals surface area contributed by atoms with Crippen molar-refractivity contribution in [2.45, 2.75) is 192 Å². The third kappa shape index (κ3) is 12.5. The smallest absolute Gasteiger partial charge is 0.330 e. The second-order valence-corrected chi connectivity index (χ2v) is 18.1. The zero-order valence-corrected chi connectivity index (χ0v) is 37.6. The summed E-state index contributed by atoms with van der Waals surface area (Å²) >= 11 is 0. The topological polar surface area (TPSA) is 240 Å². The molecule has 0 aromatic carbocycles. The molecule has 350 valence electrons. The highest BCUT2D eigenvalue weighted by Gasteiger charge is 2.59. The van der Waals surface area contributed by atoms with Crippen LogP contribution in [0.3, 0.4) is 0 Å². The maximum atomic E-state index is 13.4. The van der Waals surface area contributed by atoms with Crippen LogP contribution in [0, 0.1) is 10.8 Å². The lowest BCUT2D eigenvalue weighted by Gasteiger charge is -2.53. The van der Waals surface area contributed by atoms with E-state index in [4.69, 9.17) is 37.9 Å². The fraction of sp³-hybridized carbons (Fsp3) is 0.756. The van der Waals surface area contributed by atoms with Gasteiger partial charge in [0.1, 0.15) is 12.2 Å². The summed E-state index contributed by atoms with van der Waals surface area (Å²) < 4.78 is 46.9. The highest BCUT2D eigenvalue weighted by Crippen LogP contribution is 2.50. The van der Waals surface area contributed by atoms with Crippen molar-refractivity contribution in [1.82, 2.24) is 0 Å². The maximum Gasteiger partial charge on any atom is 0.330 e. The average molecular weight is 881 g/mol. The number of ether oxygens (including phenoxy) is 8. The third-order valence-corrected chi connectivity index (χ3v) is 12.3. The SMILES string of the molecule is CCCC(=O)O[C@H]1C[C@H]2C[C@H](O)CC(=O)O[C@@H]([C@@H](C)O)C[C@@H]3C/C(=C\C(=O)OC)[C@H](OC(=O)CCC)[C@@](O)(O3)C(C)(C)/C=C\[C@H]3C/C(=C\C(=O)OC)C[C@@H](C[C@](O)(O2)C1(C)C)O3. The molecule has 4 heterocycles. The molecule has 0 aromatic rings. The van der Waals surface area contributed by atoms with Crippen molar-refractivity contribution in [2.75, 3.05) is 14.2 Å². The molecule has 6 bridgehead atoms. The first-order valence-electron chi connectivity index (χ1n) is 21.6. The largest absolute Gasteiger partial charge is 0.466 e. The van der Waals surface area contributed by atoms with Crippen LogP contribution in [0.1, 0.15) is 126 Å². The molecule has 4 rings (SSSR count). The molecule has 4 N–H and O–H groups in total. The van der Waals surface area contributed by atoms with Gasteiger partial charge in [0, 0.05) is 56.1 Å². The van der Waals surface area contributed by atoms with E-state index in [0.29, 0.717) is 18.4 Å². The van der Waals surface area contributed by atoms with Crippen molar-refractivity contribution < 1.29 is 82.3 Å². The van der Waals surface area contributed by atoms with Crippen LogP contribution < -0.4 is 0 Å². The highest BCUT2D eigenvalue weighted by molar-refractivity contribution is 5.83. The van der Waals surface area contributed by atoms with Gasteiger partial charge >= 0.3 is 29.8 Å². The summed E-state index contributed by atoms with van der Waals surface area (Å²) in [4.78, 5) is 64.8. The molecular weight excluding hydrogens is 812 g/mol. The number of methoxy groups -OCH3 is 2. The Hall–Kier alpha value is -3.71. The van der Waals surface area contributed by atoms with Crippen LogP contribution >= 0.6 is 0 Å². The van der Waals surface area contributed by atoms with Gasteiger partial charge in [0.15, 0.2) is 11.9 Å². The van der Waals surface area contributed by atoms with Gasteiger partial charge in [-0.3, -0.25) is 14.4 Å². The molecule has 17 heteroatoms. The molecule has 62 heavy (non-hydrogen) atoms. The van der Waals surface area contributed by atoms with Crippen molar-refractivity contribution in [1.29, 1.82) is 0 Å². The minimum Gasteiger partial charge on any atom is -0.466 e. The second-order valence-electron chi connectivity index (χ2n) is 18.1. The normalized spacial score (nSPS) is 36.3. The molecule has 0 radical (unpaired) electrons. The number of esters is 5. The fourth-order valence-electron chi connectivity index (χ4n) is 8.56. The molecule has 17 nitrogen and oxygen atoms in total. The number of aliphatic hydroxyl groups is 4. The number of fused-ring (bicyclic) bond motifs is 6. The molecular formula is C45H68O17. The number of cyclic esters (lactones) is 1. The quantitative estimate of drug-likeness (QED) is 0.111. The first-order chi connectivity index (χ1) is 29.0.